The molecule has 1 saturated heterocycles. The van der Waals surface area contributed by atoms with Crippen LogP contribution >= 0.6 is 0 Å². The first-order valence-electron chi connectivity index (χ1n) is 10.0. The molecule has 1 fully saturated rings. The number of rotatable bonds is 4. The summed E-state index contributed by atoms with van der Waals surface area (Å²) in [5.74, 6) is 0.0892. The number of fused-ring (bicyclic) bond motifs is 1. The second-order valence-corrected chi connectivity index (χ2v) is 7.87. The third-order valence-electron chi connectivity index (χ3n) is 5.49. The zero-order chi connectivity index (χ0) is 19.5. The summed E-state index contributed by atoms with van der Waals surface area (Å²) in [7, 11) is 4.15. The number of carbonyl (C=O) groups excluding carboxylic acids is 1. The van der Waals surface area contributed by atoms with E-state index in [-0.39, 0.29) is 11.9 Å². The predicted molar refractivity (Wildman–Crippen MR) is 113 cm³/mol. The molecule has 1 aliphatic rings. The molecule has 1 atom stereocenters. The van der Waals surface area contributed by atoms with Crippen LogP contribution in [0.1, 0.15) is 46.8 Å². The average Bonchev–Trinajstić information content (AvgIpc) is 2.73. The van der Waals surface area contributed by atoms with E-state index in [1.807, 2.05) is 35.2 Å². The van der Waals surface area contributed by atoms with Crippen LogP contribution in [0, 0.1) is 0 Å². The van der Waals surface area contributed by atoms with E-state index in [0.29, 0.717) is 5.56 Å². The van der Waals surface area contributed by atoms with Crippen molar-refractivity contribution in [3.63, 3.8) is 0 Å². The monoisotopic (exact) mass is 373 g/mol. The molecule has 3 aromatic rings. The fourth-order valence-corrected chi connectivity index (χ4v) is 4.16. The zero-order valence-electron chi connectivity index (χ0n) is 16.6. The molecule has 0 spiro atoms. The Morgan fingerprint density at radius 2 is 1.86 bits per heavy atom. The molecule has 0 radical (unpaired) electrons. The molecule has 4 rings (SSSR count). The van der Waals surface area contributed by atoms with Gasteiger partial charge in [0, 0.05) is 24.7 Å². The minimum atomic E-state index is 0.0892. The van der Waals surface area contributed by atoms with Gasteiger partial charge in [0.1, 0.15) is 0 Å². The van der Waals surface area contributed by atoms with Gasteiger partial charge in [-0.2, -0.15) is 0 Å². The highest BCUT2D eigenvalue weighted by Crippen LogP contribution is 2.33. The number of nitrogens with zero attached hydrogens (tertiary/aromatic N) is 3. The molecule has 1 amide bonds. The lowest BCUT2D eigenvalue weighted by Crippen LogP contribution is -2.38. The maximum Gasteiger partial charge on any atom is 0.256 e. The number of hydrogen-bond acceptors (Lipinski definition) is 3. The molecular weight excluding hydrogens is 346 g/mol. The maximum atomic E-state index is 13.5. The van der Waals surface area contributed by atoms with Crippen molar-refractivity contribution in [3.8, 4) is 0 Å². The molecule has 0 N–H and O–H groups in total. The third-order valence-corrected chi connectivity index (χ3v) is 5.49. The van der Waals surface area contributed by atoms with Crippen molar-refractivity contribution in [1.29, 1.82) is 0 Å². The minimum absolute atomic E-state index is 0.0892. The molecule has 1 aliphatic heterocycles. The summed E-state index contributed by atoms with van der Waals surface area (Å²) in [6.45, 7) is 1.72. The van der Waals surface area contributed by atoms with Gasteiger partial charge in [-0.3, -0.25) is 9.78 Å². The summed E-state index contributed by atoms with van der Waals surface area (Å²) in [5.41, 5.74) is 4.01. The summed E-state index contributed by atoms with van der Waals surface area (Å²) < 4.78 is 0. The number of aromatic nitrogens is 1. The summed E-state index contributed by atoms with van der Waals surface area (Å²) in [6.07, 6.45) is 4.98. The summed E-state index contributed by atoms with van der Waals surface area (Å²) in [4.78, 5) is 22.2. The molecule has 0 unspecified atom stereocenters. The van der Waals surface area contributed by atoms with Gasteiger partial charge < -0.3 is 9.80 Å². The van der Waals surface area contributed by atoms with E-state index in [4.69, 9.17) is 0 Å². The van der Waals surface area contributed by atoms with Crippen LogP contribution in [-0.2, 0) is 6.54 Å². The van der Waals surface area contributed by atoms with Gasteiger partial charge >= 0.3 is 0 Å². The second-order valence-electron chi connectivity index (χ2n) is 7.87. The van der Waals surface area contributed by atoms with Gasteiger partial charge in [0.25, 0.3) is 5.91 Å². The normalized spacial score (nSPS) is 17.2. The first-order valence-corrected chi connectivity index (χ1v) is 10.0. The molecule has 2 heterocycles. The Morgan fingerprint density at radius 1 is 1.07 bits per heavy atom. The van der Waals surface area contributed by atoms with Gasteiger partial charge in [0.2, 0.25) is 0 Å². The highest BCUT2D eigenvalue weighted by atomic mass is 16.2. The van der Waals surface area contributed by atoms with Crippen molar-refractivity contribution in [1.82, 2.24) is 14.8 Å². The molecular formula is C24H27N3O. The number of benzene rings is 2. The molecule has 4 nitrogen and oxygen atoms in total. The summed E-state index contributed by atoms with van der Waals surface area (Å²) in [6, 6.07) is 18.7. The molecule has 0 aliphatic carbocycles. The van der Waals surface area contributed by atoms with Crippen LogP contribution in [0.2, 0.25) is 0 Å². The van der Waals surface area contributed by atoms with Crippen LogP contribution in [0.15, 0.2) is 60.8 Å². The SMILES string of the molecule is CN(C)Cc1ccc([C@@H]2CCCCN2C(=O)c2cccc3cccnc23)cc1. The first kappa shape index (κ1) is 18.6. The number of para-hydroxylation sites is 1. The number of piperidine rings is 1. The van der Waals surface area contributed by atoms with E-state index in [0.717, 1.165) is 43.3 Å². The van der Waals surface area contributed by atoms with Gasteiger partial charge in [-0.25, -0.2) is 0 Å². The van der Waals surface area contributed by atoms with Gasteiger partial charge in [0.05, 0.1) is 17.1 Å². The number of hydrogen-bond donors (Lipinski definition) is 0. The molecule has 28 heavy (non-hydrogen) atoms. The largest absolute Gasteiger partial charge is 0.332 e. The zero-order valence-corrected chi connectivity index (χ0v) is 16.6. The van der Waals surface area contributed by atoms with Crippen LogP contribution in [0.25, 0.3) is 10.9 Å². The van der Waals surface area contributed by atoms with Gasteiger partial charge in [0.15, 0.2) is 0 Å². The number of carbonyl (C=O) groups is 1. The quantitative estimate of drug-likeness (QED) is 0.667. The summed E-state index contributed by atoms with van der Waals surface area (Å²) >= 11 is 0. The molecule has 4 heteroatoms. The van der Waals surface area contributed by atoms with Crippen molar-refractivity contribution >= 4 is 16.8 Å². The topological polar surface area (TPSA) is 36.4 Å². The lowest BCUT2D eigenvalue weighted by atomic mass is 9.93. The lowest BCUT2D eigenvalue weighted by molar-refractivity contribution is 0.0613. The van der Waals surface area contributed by atoms with Crippen molar-refractivity contribution < 1.29 is 4.79 Å². The van der Waals surface area contributed by atoms with Crippen LogP contribution in [0.3, 0.4) is 0 Å². The lowest BCUT2D eigenvalue weighted by Gasteiger charge is -2.36. The molecule has 0 saturated carbocycles. The Hall–Kier alpha value is -2.72. The average molecular weight is 374 g/mol. The van der Waals surface area contributed by atoms with Crippen LogP contribution in [0.4, 0.5) is 0 Å². The van der Waals surface area contributed by atoms with Gasteiger partial charge in [-0.15, -0.1) is 0 Å². The molecule has 0 bridgehead atoms. The molecule has 1 aromatic heterocycles. The van der Waals surface area contributed by atoms with E-state index in [2.05, 4.69) is 48.2 Å². The van der Waals surface area contributed by atoms with E-state index in [9.17, 15) is 4.79 Å². The minimum Gasteiger partial charge on any atom is -0.332 e. The van der Waals surface area contributed by atoms with Gasteiger partial charge in [-0.05, 0) is 56.6 Å². The molecule has 144 valence electrons. The number of pyridine rings is 1. The number of amides is 1. The highest BCUT2D eigenvalue weighted by Gasteiger charge is 2.29. The maximum absolute atomic E-state index is 13.5. The van der Waals surface area contributed by atoms with E-state index < -0.39 is 0 Å². The standard InChI is InChI=1S/C24H27N3O/c1-26(2)17-18-11-13-19(14-12-18)22-10-3-4-16-27(22)24(28)21-9-5-7-20-8-6-15-25-23(20)21/h5-9,11-15,22H,3-4,10,16-17H2,1-2H3/t22-/m0/s1. The van der Waals surface area contributed by atoms with E-state index >= 15 is 0 Å². The highest BCUT2D eigenvalue weighted by molar-refractivity contribution is 6.05. The Balaban J connectivity index is 1.64. The van der Waals surface area contributed by atoms with E-state index in [1.54, 1.807) is 6.20 Å². The van der Waals surface area contributed by atoms with Crippen LogP contribution in [0.5, 0.6) is 0 Å². The third kappa shape index (κ3) is 3.78. The van der Waals surface area contributed by atoms with E-state index in [1.165, 1.54) is 11.1 Å². The van der Waals surface area contributed by atoms with Gasteiger partial charge in [-0.1, -0.05) is 42.5 Å². The fraction of sp³-hybridized carbons (Fsp3) is 0.333. The summed E-state index contributed by atoms with van der Waals surface area (Å²) in [5, 5.41) is 1.01. The number of likely N-dealkylation sites (tertiary alicyclic amines) is 1. The Kier molecular flexibility index (Phi) is 5.40. The van der Waals surface area contributed by atoms with Crippen molar-refractivity contribution in [2.75, 3.05) is 20.6 Å². The Morgan fingerprint density at radius 3 is 2.64 bits per heavy atom. The molecule has 2 aromatic carbocycles. The van der Waals surface area contributed by atoms with Crippen molar-refractivity contribution in [3.05, 3.63) is 77.5 Å². The Bertz CT molecular complexity index is 960. The predicted octanol–water partition coefficient (Wildman–Crippen LogP) is 4.66. The second kappa shape index (κ2) is 8.11. The van der Waals surface area contributed by atoms with Crippen molar-refractivity contribution in [2.24, 2.45) is 0 Å². The smallest absolute Gasteiger partial charge is 0.256 e. The fourth-order valence-electron chi connectivity index (χ4n) is 4.16. The van der Waals surface area contributed by atoms with Crippen LogP contribution in [-0.4, -0.2) is 41.3 Å². The van der Waals surface area contributed by atoms with Crippen molar-refractivity contribution in [2.45, 2.75) is 31.8 Å². The Labute approximate surface area is 166 Å². The first-order chi connectivity index (χ1) is 13.6. The van der Waals surface area contributed by atoms with Crippen LogP contribution < -0.4 is 0 Å².